The summed E-state index contributed by atoms with van der Waals surface area (Å²) in [5.41, 5.74) is 3.98. The molecule has 0 radical (unpaired) electrons. The Morgan fingerprint density at radius 2 is 2.03 bits per heavy atom. The van der Waals surface area contributed by atoms with Crippen molar-refractivity contribution in [2.45, 2.75) is 33.4 Å². The van der Waals surface area contributed by atoms with Crippen LogP contribution >= 0.6 is 11.6 Å². The van der Waals surface area contributed by atoms with Crippen LogP contribution in [0, 0.1) is 6.92 Å². The summed E-state index contributed by atoms with van der Waals surface area (Å²) in [6.45, 7) is 5.48. The van der Waals surface area contributed by atoms with Crippen LogP contribution in [0.4, 0.5) is 0 Å². The number of carbonyl (C=O) groups is 2. The molecule has 1 aliphatic rings. The maximum atomic E-state index is 13.0. The number of methoxy groups -OCH3 is 1. The minimum Gasteiger partial charge on any atom is -0.497 e. The quantitative estimate of drug-likeness (QED) is 0.515. The predicted molar refractivity (Wildman–Crippen MR) is 133 cm³/mol. The first-order chi connectivity index (χ1) is 16.9. The Balaban J connectivity index is 1.53. The molecule has 0 atom stereocenters. The molecule has 1 aromatic heterocycles. The fraction of sp³-hybridized carbons (Fsp3) is 0.346. The highest BCUT2D eigenvalue weighted by molar-refractivity contribution is 6.30. The Morgan fingerprint density at radius 1 is 1.20 bits per heavy atom. The number of rotatable bonds is 8. The standard InChI is InChI=1S/C26H29ClN4O4/c1-4-28-26(33)25-21-15-30(24(32)16-35-23-9-8-19(27)12-17(23)2)11-10-22(21)31(29-25)14-18-6-5-7-20(13-18)34-3/h5-9,12-13H,4,10-11,14-16H2,1-3H3,(H,28,33). The van der Waals surface area contributed by atoms with Gasteiger partial charge >= 0.3 is 0 Å². The maximum absolute atomic E-state index is 13.0. The molecule has 0 unspecified atom stereocenters. The van der Waals surface area contributed by atoms with Crippen LogP contribution in [0.3, 0.4) is 0 Å². The number of aryl methyl sites for hydroxylation is 1. The van der Waals surface area contributed by atoms with Crippen molar-refractivity contribution in [2.75, 3.05) is 26.8 Å². The number of halogens is 1. The van der Waals surface area contributed by atoms with E-state index in [0.29, 0.717) is 49.1 Å². The third-order valence-corrected chi connectivity index (χ3v) is 6.23. The first-order valence-corrected chi connectivity index (χ1v) is 11.9. The van der Waals surface area contributed by atoms with Crippen LogP contribution in [-0.4, -0.2) is 53.3 Å². The summed E-state index contributed by atoms with van der Waals surface area (Å²) in [7, 11) is 1.63. The number of carbonyl (C=O) groups excluding carboxylic acids is 2. The molecule has 3 aromatic rings. The molecule has 8 nitrogen and oxygen atoms in total. The molecule has 2 heterocycles. The van der Waals surface area contributed by atoms with Gasteiger partial charge in [-0.05, 0) is 55.3 Å². The number of amides is 2. The molecule has 184 valence electrons. The number of aromatic nitrogens is 2. The van der Waals surface area contributed by atoms with Crippen molar-refractivity contribution in [1.29, 1.82) is 0 Å². The first kappa shape index (κ1) is 24.6. The average Bonchev–Trinajstić information content (AvgIpc) is 3.21. The molecule has 0 aliphatic carbocycles. The summed E-state index contributed by atoms with van der Waals surface area (Å²) in [6, 6.07) is 13.1. The van der Waals surface area contributed by atoms with Crippen LogP contribution in [0.15, 0.2) is 42.5 Å². The van der Waals surface area contributed by atoms with E-state index in [1.54, 1.807) is 30.2 Å². The summed E-state index contributed by atoms with van der Waals surface area (Å²) >= 11 is 6.00. The van der Waals surface area contributed by atoms with Gasteiger partial charge in [-0.2, -0.15) is 5.10 Å². The second-order valence-corrected chi connectivity index (χ2v) is 8.84. The summed E-state index contributed by atoms with van der Waals surface area (Å²) in [5.74, 6) is 0.998. The monoisotopic (exact) mass is 496 g/mol. The van der Waals surface area contributed by atoms with Gasteiger partial charge in [-0.25, -0.2) is 0 Å². The minimum atomic E-state index is -0.240. The van der Waals surface area contributed by atoms with Crippen LogP contribution in [0.5, 0.6) is 11.5 Å². The minimum absolute atomic E-state index is 0.0910. The molecule has 0 fully saturated rings. The third-order valence-electron chi connectivity index (χ3n) is 5.99. The molecule has 0 saturated heterocycles. The normalized spacial score (nSPS) is 12.7. The van der Waals surface area contributed by atoms with Crippen molar-refractivity contribution < 1.29 is 19.1 Å². The van der Waals surface area contributed by atoms with E-state index in [-0.39, 0.29) is 18.4 Å². The zero-order valence-electron chi connectivity index (χ0n) is 20.1. The molecule has 0 spiro atoms. The molecule has 0 saturated carbocycles. The van der Waals surface area contributed by atoms with Gasteiger partial charge in [0.15, 0.2) is 12.3 Å². The topological polar surface area (TPSA) is 85.7 Å². The van der Waals surface area contributed by atoms with Crippen LogP contribution in [0.1, 0.15) is 39.8 Å². The van der Waals surface area contributed by atoms with E-state index in [0.717, 1.165) is 28.1 Å². The molecule has 1 aliphatic heterocycles. The van der Waals surface area contributed by atoms with E-state index in [4.69, 9.17) is 21.1 Å². The lowest BCUT2D eigenvalue weighted by molar-refractivity contribution is -0.134. The van der Waals surface area contributed by atoms with E-state index >= 15 is 0 Å². The molecule has 1 N–H and O–H groups in total. The predicted octanol–water partition coefficient (Wildman–Crippen LogP) is 3.62. The highest BCUT2D eigenvalue weighted by Crippen LogP contribution is 2.26. The van der Waals surface area contributed by atoms with Crippen LogP contribution in [0.25, 0.3) is 0 Å². The highest BCUT2D eigenvalue weighted by Gasteiger charge is 2.30. The van der Waals surface area contributed by atoms with Gasteiger partial charge in [0.2, 0.25) is 0 Å². The van der Waals surface area contributed by atoms with E-state index in [1.165, 1.54) is 0 Å². The lowest BCUT2D eigenvalue weighted by atomic mass is 10.0. The number of nitrogens with one attached hydrogen (secondary N) is 1. The molecule has 0 bridgehead atoms. The number of ether oxygens (including phenoxy) is 2. The summed E-state index contributed by atoms with van der Waals surface area (Å²) < 4.78 is 13.0. The Morgan fingerprint density at radius 3 is 2.77 bits per heavy atom. The number of hydrogen-bond acceptors (Lipinski definition) is 5. The average molecular weight is 497 g/mol. The first-order valence-electron chi connectivity index (χ1n) is 11.6. The Bertz CT molecular complexity index is 1240. The molecular weight excluding hydrogens is 468 g/mol. The van der Waals surface area contributed by atoms with E-state index in [9.17, 15) is 9.59 Å². The molecule has 2 aromatic carbocycles. The van der Waals surface area contributed by atoms with Gasteiger partial charge < -0.3 is 19.7 Å². The molecular formula is C26H29ClN4O4. The Hall–Kier alpha value is -3.52. The maximum Gasteiger partial charge on any atom is 0.272 e. The summed E-state index contributed by atoms with van der Waals surface area (Å²) in [4.78, 5) is 27.5. The van der Waals surface area contributed by atoms with Gasteiger partial charge in [0, 0.05) is 42.3 Å². The number of hydrogen-bond donors (Lipinski definition) is 1. The van der Waals surface area contributed by atoms with E-state index < -0.39 is 0 Å². The molecule has 4 rings (SSSR count). The smallest absolute Gasteiger partial charge is 0.272 e. The van der Waals surface area contributed by atoms with Gasteiger partial charge in [0.25, 0.3) is 11.8 Å². The van der Waals surface area contributed by atoms with Gasteiger partial charge in [-0.1, -0.05) is 23.7 Å². The van der Waals surface area contributed by atoms with Crippen molar-refractivity contribution >= 4 is 23.4 Å². The fourth-order valence-corrected chi connectivity index (χ4v) is 4.44. The molecule has 9 heteroatoms. The van der Waals surface area contributed by atoms with Gasteiger partial charge in [-0.15, -0.1) is 0 Å². The molecule has 35 heavy (non-hydrogen) atoms. The zero-order valence-corrected chi connectivity index (χ0v) is 20.9. The van der Waals surface area contributed by atoms with Crippen LogP contribution in [0.2, 0.25) is 5.02 Å². The number of nitrogens with zero attached hydrogens (tertiary/aromatic N) is 3. The van der Waals surface area contributed by atoms with Crippen LogP contribution < -0.4 is 14.8 Å². The highest BCUT2D eigenvalue weighted by atomic mass is 35.5. The Labute approximate surface area is 209 Å². The zero-order chi connectivity index (χ0) is 24.9. The fourth-order valence-electron chi connectivity index (χ4n) is 4.21. The Kier molecular flexibility index (Phi) is 7.60. The van der Waals surface area contributed by atoms with Gasteiger partial charge in [0.05, 0.1) is 13.7 Å². The van der Waals surface area contributed by atoms with Crippen molar-refractivity contribution in [1.82, 2.24) is 20.0 Å². The van der Waals surface area contributed by atoms with E-state index in [1.807, 2.05) is 42.8 Å². The molecule has 2 amide bonds. The largest absolute Gasteiger partial charge is 0.497 e. The second kappa shape index (κ2) is 10.8. The van der Waals surface area contributed by atoms with Crippen molar-refractivity contribution in [3.63, 3.8) is 0 Å². The number of fused-ring (bicyclic) bond motifs is 1. The van der Waals surface area contributed by atoms with Gasteiger partial charge in [0.1, 0.15) is 11.5 Å². The van der Waals surface area contributed by atoms with Crippen molar-refractivity contribution in [3.8, 4) is 11.5 Å². The second-order valence-electron chi connectivity index (χ2n) is 8.41. The lowest BCUT2D eigenvalue weighted by Crippen LogP contribution is -2.39. The van der Waals surface area contributed by atoms with Gasteiger partial charge in [-0.3, -0.25) is 14.3 Å². The summed E-state index contributed by atoms with van der Waals surface area (Å²) in [5, 5.41) is 8.10. The summed E-state index contributed by atoms with van der Waals surface area (Å²) in [6.07, 6.45) is 0.595. The number of benzene rings is 2. The van der Waals surface area contributed by atoms with Crippen LogP contribution in [-0.2, 0) is 24.3 Å². The third kappa shape index (κ3) is 5.59. The lowest BCUT2D eigenvalue weighted by Gasteiger charge is -2.28. The van der Waals surface area contributed by atoms with Crippen molar-refractivity contribution in [2.24, 2.45) is 0 Å². The SMILES string of the molecule is CCNC(=O)c1nn(Cc2cccc(OC)c2)c2c1CN(C(=O)COc1ccc(Cl)cc1C)CC2. The van der Waals surface area contributed by atoms with Crippen molar-refractivity contribution in [3.05, 3.63) is 75.6 Å². The van der Waals surface area contributed by atoms with E-state index in [2.05, 4.69) is 10.4 Å².